The third-order valence-electron chi connectivity index (χ3n) is 3.45. The predicted octanol–water partition coefficient (Wildman–Crippen LogP) is 0.303. The summed E-state index contributed by atoms with van der Waals surface area (Å²) in [5.74, 6) is -0.681. The fourth-order valence-electron chi connectivity index (χ4n) is 2.50. The average molecular weight is 333 g/mol. The van der Waals surface area contributed by atoms with E-state index in [1.54, 1.807) is 0 Å². The Morgan fingerprint density at radius 2 is 2.36 bits per heavy atom. The van der Waals surface area contributed by atoms with Crippen LogP contribution in [0.25, 0.3) is 11.0 Å². The number of hydrogen-bond donors (Lipinski definition) is 3. The number of H-pyrrole nitrogens is 1. The number of halogens is 1. The quantitative estimate of drug-likeness (QED) is 0.687. The van der Waals surface area contributed by atoms with Gasteiger partial charge in [-0.3, -0.25) is 9.32 Å². The summed E-state index contributed by atoms with van der Waals surface area (Å²) in [4.78, 5) is 35.2. The Kier molecular flexibility index (Phi) is 3.87. The summed E-state index contributed by atoms with van der Waals surface area (Å²) in [5.41, 5.74) is -0.368. The van der Waals surface area contributed by atoms with E-state index in [-0.39, 0.29) is 30.3 Å². The number of phosphoric ester groups is 1. The first-order valence-corrected chi connectivity index (χ1v) is 7.93. The van der Waals surface area contributed by atoms with Crippen LogP contribution in [0.3, 0.4) is 0 Å². The normalized spacial score (nSPS) is 22.5. The van der Waals surface area contributed by atoms with Gasteiger partial charge in [0.2, 0.25) is 0 Å². The topological polar surface area (TPSA) is 127 Å². The van der Waals surface area contributed by atoms with Crippen LogP contribution in [0.15, 0.2) is 17.3 Å². The SMILES string of the molecule is O=c1[nH]cnc2c1c(F)cn2C1CO[C@H](COP(=O)(O)O)C1. The number of nitrogens with one attached hydrogen (secondary N) is 1. The fraction of sp³-hybridized carbons (Fsp3) is 0.455. The summed E-state index contributed by atoms with van der Waals surface area (Å²) in [7, 11) is -4.56. The minimum absolute atomic E-state index is 0.127. The van der Waals surface area contributed by atoms with Crippen molar-refractivity contribution in [2.24, 2.45) is 0 Å². The van der Waals surface area contributed by atoms with Crippen molar-refractivity contribution in [1.82, 2.24) is 14.5 Å². The molecule has 3 N–H and O–H groups in total. The van der Waals surface area contributed by atoms with E-state index >= 15 is 0 Å². The third-order valence-corrected chi connectivity index (χ3v) is 3.94. The first-order chi connectivity index (χ1) is 10.3. The molecule has 1 saturated heterocycles. The van der Waals surface area contributed by atoms with Crippen LogP contribution in [-0.2, 0) is 13.8 Å². The van der Waals surface area contributed by atoms with Crippen LogP contribution in [0.4, 0.5) is 4.39 Å². The summed E-state index contributed by atoms with van der Waals surface area (Å²) in [6.07, 6.45) is 2.19. The lowest BCUT2D eigenvalue weighted by Crippen LogP contribution is -2.14. The number of ether oxygens (including phenoxy) is 1. The second-order valence-corrected chi connectivity index (χ2v) is 6.19. The first-order valence-electron chi connectivity index (χ1n) is 6.40. The Hall–Kier alpha value is -1.58. The Bertz CT molecular complexity index is 799. The molecule has 3 rings (SSSR count). The minimum Gasteiger partial charge on any atom is -0.374 e. The average Bonchev–Trinajstić information content (AvgIpc) is 3.01. The van der Waals surface area contributed by atoms with Crippen LogP contribution in [0.5, 0.6) is 0 Å². The predicted molar refractivity (Wildman–Crippen MR) is 71.7 cm³/mol. The highest BCUT2D eigenvalue weighted by atomic mass is 31.2. The molecule has 22 heavy (non-hydrogen) atoms. The van der Waals surface area contributed by atoms with Crippen molar-refractivity contribution in [3.05, 3.63) is 28.7 Å². The van der Waals surface area contributed by atoms with Gasteiger partial charge in [0.15, 0.2) is 11.5 Å². The molecular formula is C11H13FN3O6P. The van der Waals surface area contributed by atoms with Crippen molar-refractivity contribution < 1.29 is 28.0 Å². The molecular weight excluding hydrogens is 320 g/mol. The zero-order valence-corrected chi connectivity index (χ0v) is 12.1. The van der Waals surface area contributed by atoms with E-state index in [0.29, 0.717) is 6.42 Å². The Balaban J connectivity index is 1.81. The van der Waals surface area contributed by atoms with Crippen LogP contribution in [0.1, 0.15) is 12.5 Å². The van der Waals surface area contributed by atoms with Gasteiger partial charge in [-0.15, -0.1) is 0 Å². The van der Waals surface area contributed by atoms with Crippen molar-refractivity contribution >= 4 is 18.9 Å². The second kappa shape index (κ2) is 5.56. The number of fused-ring (bicyclic) bond motifs is 1. The first kappa shape index (κ1) is 15.3. The van der Waals surface area contributed by atoms with Gasteiger partial charge >= 0.3 is 7.82 Å². The molecule has 120 valence electrons. The van der Waals surface area contributed by atoms with Crippen molar-refractivity contribution in [1.29, 1.82) is 0 Å². The van der Waals surface area contributed by atoms with Gasteiger partial charge in [-0.05, 0) is 6.42 Å². The van der Waals surface area contributed by atoms with Crippen molar-refractivity contribution in [2.45, 2.75) is 18.6 Å². The number of rotatable bonds is 4. The maximum absolute atomic E-state index is 13.9. The van der Waals surface area contributed by atoms with Gasteiger partial charge in [-0.2, -0.15) is 0 Å². The van der Waals surface area contributed by atoms with Crippen molar-refractivity contribution in [3.63, 3.8) is 0 Å². The molecule has 0 aliphatic carbocycles. The van der Waals surface area contributed by atoms with Gasteiger partial charge in [-0.25, -0.2) is 13.9 Å². The van der Waals surface area contributed by atoms with Gasteiger partial charge in [0.05, 0.1) is 31.7 Å². The van der Waals surface area contributed by atoms with Crippen molar-refractivity contribution in [2.75, 3.05) is 13.2 Å². The molecule has 0 saturated carbocycles. The zero-order valence-electron chi connectivity index (χ0n) is 11.2. The highest BCUT2D eigenvalue weighted by Crippen LogP contribution is 2.37. The van der Waals surface area contributed by atoms with E-state index in [1.165, 1.54) is 17.1 Å². The van der Waals surface area contributed by atoms with Crippen LogP contribution < -0.4 is 5.56 Å². The molecule has 1 fully saturated rings. The largest absolute Gasteiger partial charge is 0.469 e. The van der Waals surface area contributed by atoms with E-state index in [9.17, 15) is 13.8 Å². The molecule has 2 aromatic heterocycles. The standard InChI is InChI=1S/C11H13FN3O6P/c12-8-2-15(10-9(8)11(16)14-5-13-10)6-1-7(20-3-6)4-21-22(17,18)19/h2,5-7H,1,3-4H2,(H,13,14,16)(H2,17,18,19)/t6?,7-/m0/s1. The molecule has 9 nitrogen and oxygen atoms in total. The number of nitrogens with zero attached hydrogens (tertiary/aromatic N) is 2. The summed E-state index contributed by atoms with van der Waals surface area (Å²) >= 11 is 0. The summed E-state index contributed by atoms with van der Waals surface area (Å²) in [5, 5.41) is -0.127. The van der Waals surface area contributed by atoms with Crippen LogP contribution in [0, 0.1) is 5.82 Å². The number of aromatic amines is 1. The Morgan fingerprint density at radius 1 is 1.59 bits per heavy atom. The van der Waals surface area contributed by atoms with Gasteiger partial charge in [0.1, 0.15) is 5.39 Å². The lowest BCUT2D eigenvalue weighted by molar-refractivity contribution is 0.0534. The molecule has 2 aromatic rings. The number of hydrogen-bond acceptors (Lipinski definition) is 5. The Labute approximate surface area is 122 Å². The molecule has 1 unspecified atom stereocenters. The monoisotopic (exact) mass is 333 g/mol. The maximum atomic E-state index is 13.9. The van der Waals surface area contributed by atoms with E-state index in [1.807, 2.05) is 0 Å². The number of aromatic nitrogens is 3. The van der Waals surface area contributed by atoms with Crippen molar-refractivity contribution in [3.8, 4) is 0 Å². The van der Waals surface area contributed by atoms with Gasteiger partial charge in [0.25, 0.3) is 5.56 Å². The summed E-state index contributed by atoms with van der Waals surface area (Å²) < 4.78 is 35.8. The fourth-order valence-corrected chi connectivity index (χ4v) is 2.86. The molecule has 1 aliphatic heterocycles. The second-order valence-electron chi connectivity index (χ2n) is 4.95. The third kappa shape index (κ3) is 2.96. The van der Waals surface area contributed by atoms with Gasteiger partial charge < -0.3 is 24.1 Å². The smallest absolute Gasteiger partial charge is 0.374 e. The van der Waals surface area contributed by atoms with Gasteiger partial charge in [-0.1, -0.05) is 0 Å². The van der Waals surface area contributed by atoms with Crippen LogP contribution in [0.2, 0.25) is 0 Å². The molecule has 0 spiro atoms. The molecule has 0 bridgehead atoms. The van der Waals surface area contributed by atoms with E-state index in [4.69, 9.17) is 14.5 Å². The Morgan fingerprint density at radius 3 is 3.09 bits per heavy atom. The number of phosphoric acid groups is 1. The lowest BCUT2D eigenvalue weighted by atomic mass is 10.2. The molecule has 2 atom stereocenters. The van der Waals surface area contributed by atoms with Crippen LogP contribution in [-0.4, -0.2) is 43.6 Å². The lowest BCUT2D eigenvalue weighted by Gasteiger charge is -2.12. The molecule has 3 heterocycles. The molecule has 11 heteroatoms. The molecule has 0 radical (unpaired) electrons. The van der Waals surface area contributed by atoms with E-state index in [2.05, 4.69) is 14.5 Å². The summed E-state index contributed by atoms with van der Waals surface area (Å²) in [6.45, 7) is -0.0661. The van der Waals surface area contributed by atoms with E-state index in [0.717, 1.165) is 0 Å². The molecule has 0 aromatic carbocycles. The zero-order chi connectivity index (χ0) is 15.9. The minimum atomic E-state index is -4.56. The highest BCUT2D eigenvalue weighted by molar-refractivity contribution is 7.46. The molecule has 0 amide bonds. The van der Waals surface area contributed by atoms with E-state index < -0.39 is 25.3 Å². The van der Waals surface area contributed by atoms with Gasteiger partial charge in [0, 0.05) is 6.20 Å². The summed E-state index contributed by atoms with van der Waals surface area (Å²) in [6, 6.07) is -0.299. The highest BCUT2D eigenvalue weighted by Gasteiger charge is 2.31. The maximum Gasteiger partial charge on any atom is 0.469 e. The molecule has 1 aliphatic rings. The van der Waals surface area contributed by atoms with Crippen LogP contribution >= 0.6 is 7.82 Å².